The zero-order valence-electron chi connectivity index (χ0n) is 11.1. The highest BCUT2D eigenvalue weighted by Gasteiger charge is 2.19. The molecule has 3 rings (SSSR count). The van der Waals surface area contributed by atoms with E-state index in [4.69, 9.17) is 23.2 Å². The maximum Gasteiger partial charge on any atom is 0.257 e. The Morgan fingerprint density at radius 1 is 1.25 bits per heavy atom. The molecule has 2 aromatic rings. The molecule has 3 nitrogen and oxygen atoms in total. The van der Waals surface area contributed by atoms with Crippen molar-refractivity contribution in [2.24, 2.45) is 0 Å². The van der Waals surface area contributed by atoms with Gasteiger partial charge in [0, 0.05) is 5.56 Å². The average Bonchev–Trinajstić information content (AvgIpc) is 2.87. The van der Waals surface area contributed by atoms with Crippen LogP contribution in [0.1, 0.15) is 29.1 Å². The zero-order valence-corrected chi connectivity index (χ0v) is 12.6. The van der Waals surface area contributed by atoms with E-state index < -0.39 is 0 Å². The van der Waals surface area contributed by atoms with Gasteiger partial charge in [0.1, 0.15) is 5.82 Å². The number of fused-ring (bicyclic) bond motifs is 1. The Hall–Kier alpha value is -1.32. The molecule has 0 saturated carbocycles. The summed E-state index contributed by atoms with van der Waals surface area (Å²) in [6.07, 6.45) is 2.77. The maximum atomic E-state index is 12.5. The summed E-state index contributed by atoms with van der Waals surface area (Å²) >= 11 is 11.9. The highest BCUT2D eigenvalue weighted by molar-refractivity contribution is 6.42. The van der Waals surface area contributed by atoms with E-state index in [0.29, 0.717) is 16.6 Å². The average molecular weight is 309 g/mol. The summed E-state index contributed by atoms with van der Waals surface area (Å²) < 4.78 is 1.71. The number of rotatable bonds is 2. The molecule has 0 fully saturated rings. The molecule has 0 amide bonds. The second-order valence-electron chi connectivity index (χ2n) is 5.08. The summed E-state index contributed by atoms with van der Waals surface area (Å²) in [5, 5.41) is 1.02. The first-order chi connectivity index (χ1) is 9.56. The van der Waals surface area contributed by atoms with E-state index in [-0.39, 0.29) is 5.56 Å². The SMILES string of the molecule is Cc1nc2c(c(=O)n1Cc1ccc(Cl)c(Cl)c1)CCC2. The van der Waals surface area contributed by atoms with Crippen molar-refractivity contribution in [2.75, 3.05) is 0 Å². The normalized spacial score (nSPS) is 13.6. The van der Waals surface area contributed by atoms with E-state index in [2.05, 4.69) is 4.98 Å². The summed E-state index contributed by atoms with van der Waals surface area (Å²) in [6.45, 7) is 2.35. The van der Waals surface area contributed by atoms with E-state index in [1.807, 2.05) is 13.0 Å². The Labute approximate surface area is 127 Å². The fourth-order valence-electron chi connectivity index (χ4n) is 2.65. The van der Waals surface area contributed by atoms with Gasteiger partial charge in [-0.1, -0.05) is 29.3 Å². The van der Waals surface area contributed by atoms with Gasteiger partial charge in [-0.2, -0.15) is 0 Å². The first-order valence-corrected chi connectivity index (χ1v) is 7.35. The molecular formula is C15H14Cl2N2O. The molecule has 1 aromatic carbocycles. The van der Waals surface area contributed by atoms with Gasteiger partial charge in [0.25, 0.3) is 5.56 Å². The maximum absolute atomic E-state index is 12.5. The van der Waals surface area contributed by atoms with Gasteiger partial charge in [0.05, 0.1) is 22.3 Å². The lowest BCUT2D eigenvalue weighted by Gasteiger charge is -2.12. The van der Waals surface area contributed by atoms with Crippen molar-refractivity contribution in [1.82, 2.24) is 9.55 Å². The van der Waals surface area contributed by atoms with Gasteiger partial charge < -0.3 is 0 Å². The van der Waals surface area contributed by atoms with Crippen LogP contribution in [0.2, 0.25) is 10.0 Å². The molecule has 1 aliphatic carbocycles. The van der Waals surface area contributed by atoms with Crippen molar-refractivity contribution < 1.29 is 0 Å². The van der Waals surface area contributed by atoms with Crippen LogP contribution in [0.5, 0.6) is 0 Å². The minimum Gasteiger partial charge on any atom is -0.292 e. The molecule has 1 heterocycles. The lowest BCUT2D eigenvalue weighted by molar-refractivity contribution is 0.686. The van der Waals surface area contributed by atoms with Gasteiger partial charge in [0.15, 0.2) is 0 Å². The minimum absolute atomic E-state index is 0.0797. The standard InChI is InChI=1S/C15H14Cl2N2O/c1-9-18-14-4-2-3-11(14)15(20)19(9)8-10-5-6-12(16)13(17)7-10/h5-7H,2-4,8H2,1H3. The molecule has 0 saturated heterocycles. The Kier molecular flexibility index (Phi) is 3.57. The highest BCUT2D eigenvalue weighted by atomic mass is 35.5. The van der Waals surface area contributed by atoms with Gasteiger partial charge in [-0.3, -0.25) is 9.36 Å². The Balaban J connectivity index is 2.03. The van der Waals surface area contributed by atoms with Crippen molar-refractivity contribution in [3.63, 3.8) is 0 Å². The van der Waals surface area contributed by atoms with Gasteiger partial charge in [-0.15, -0.1) is 0 Å². The lowest BCUT2D eigenvalue weighted by Crippen LogP contribution is -2.27. The first kappa shape index (κ1) is 13.7. The smallest absolute Gasteiger partial charge is 0.257 e. The fourth-order valence-corrected chi connectivity index (χ4v) is 2.97. The van der Waals surface area contributed by atoms with Crippen LogP contribution in [0.15, 0.2) is 23.0 Å². The molecule has 1 aliphatic rings. The highest BCUT2D eigenvalue weighted by Crippen LogP contribution is 2.23. The summed E-state index contributed by atoms with van der Waals surface area (Å²) in [5.41, 5.74) is 2.87. The topological polar surface area (TPSA) is 34.9 Å². The van der Waals surface area contributed by atoms with Gasteiger partial charge in [-0.05, 0) is 43.9 Å². The molecule has 104 valence electrons. The number of halogens is 2. The van der Waals surface area contributed by atoms with Crippen LogP contribution in [0.4, 0.5) is 0 Å². The van der Waals surface area contributed by atoms with Crippen molar-refractivity contribution >= 4 is 23.2 Å². The van der Waals surface area contributed by atoms with Crippen LogP contribution >= 0.6 is 23.2 Å². The number of nitrogens with zero attached hydrogens (tertiary/aromatic N) is 2. The van der Waals surface area contributed by atoms with Gasteiger partial charge in [0.2, 0.25) is 0 Å². The molecule has 0 aliphatic heterocycles. The number of hydrogen-bond acceptors (Lipinski definition) is 2. The van der Waals surface area contributed by atoms with Crippen molar-refractivity contribution in [3.8, 4) is 0 Å². The number of benzene rings is 1. The van der Waals surface area contributed by atoms with E-state index in [9.17, 15) is 4.79 Å². The molecule has 1 aromatic heterocycles. The van der Waals surface area contributed by atoms with E-state index in [1.54, 1.807) is 16.7 Å². The Morgan fingerprint density at radius 2 is 2.05 bits per heavy atom. The summed E-state index contributed by atoms with van der Waals surface area (Å²) in [4.78, 5) is 17.1. The largest absolute Gasteiger partial charge is 0.292 e. The van der Waals surface area contributed by atoms with Crippen LogP contribution in [0, 0.1) is 6.92 Å². The minimum atomic E-state index is 0.0797. The summed E-state index contributed by atoms with van der Waals surface area (Å²) in [5.74, 6) is 0.752. The molecule has 0 bridgehead atoms. The zero-order chi connectivity index (χ0) is 14.3. The molecular weight excluding hydrogens is 295 g/mol. The molecule has 0 spiro atoms. The predicted molar refractivity (Wildman–Crippen MR) is 80.8 cm³/mol. The van der Waals surface area contributed by atoms with Crippen molar-refractivity contribution in [2.45, 2.75) is 32.7 Å². The van der Waals surface area contributed by atoms with Gasteiger partial charge in [-0.25, -0.2) is 4.98 Å². The number of aromatic nitrogens is 2. The van der Waals surface area contributed by atoms with E-state index >= 15 is 0 Å². The third kappa shape index (κ3) is 2.36. The molecule has 20 heavy (non-hydrogen) atoms. The lowest BCUT2D eigenvalue weighted by atomic mass is 10.2. The Bertz CT molecular complexity index is 737. The molecule has 0 atom stereocenters. The molecule has 0 radical (unpaired) electrons. The monoisotopic (exact) mass is 308 g/mol. The fraction of sp³-hybridized carbons (Fsp3) is 0.333. The number of hydrogen-bond donors (Lipinski definition) is 0. The first-order valence-electron chi connectivity index (χ1n) is 6.59. The van der Waals surface area contributed by atoms with Crippen LogP contribution in [-0.4, -0.2) is 9.55 Å². The summed E-state index contributed by atoms with van der Waals surface area (Å²) in [6, 6.07) is 5.43. The van der Waals surface area contributed by atoms with Crippen LogP contribution in [0.3, 0.4) is 0 Å². The quantitative estimate of drug-likeness (QED) is 0.852. The van der Waals surface area contributed by atoms with Crippen molar-refractivity contribution in [3.05, 3.63) is 61.2 Å². The predicted octanol–water partition coefficient (Wildman–Crippen LogP) is 3.40. The second kappa shape index (κ2) is 5.23. The molecule has 5 heteroatoms. The number of aryl methyl sites for hydroxylation is 2. The molecule has 0 N–H and O–H groups in total. The van der Waals surface area contributed by atoms with Crippen LogP contribution in [-0.2, 0) is 19.4 Å². The van der Waals surface area contributed by atoms with Gasteiger partial charge >= 0.3 is 0 Å². The second-order valence-corrected chi connectivity index (χ2v) is 5.89. The van der Waals surface area contributed by atoms with Crippen LogP contribution in [0.25, 0.3) is 0 Å². The van der Waals surface area contributed by atoms with Crippen molar-refractivity contribution in [1.29, 1.82) is 0 Å². The van der Waals surface area contributed by atoms with E-state index in [1.165, 1.54) is 0 Å². The summed E-state index contributed by atoms with van der Waals surface area (Å²) in [7, 11) is 0. The third-order valence-electron chi connectivity index (χ3n) is 3.70. The van der Waals surface area contributed by atoms with E-state index in [0.717, 1.165) is 41.9 Å². The third-order valence-corrected chi connectivity index (χ3v) is 4.44. The Morgan fingerprint density at radius 3 is 2.80 bits per heavy atom. The van der Waals surface area contributed by atoms with Crippen LogP contribution < -0.4 is 5.56 Å². The molecule has 0 unspecified atom stereocenters.